The third kappa shape index (κ3) is 3.72. The Morgan fingerprint density at radius 2 is 1.88 bits per heavy atom. The molecule has 0 N–H and O–H groups in total. The summed E-state index contributed by atoms with van der Waals surface area (Å²) in [5, 5.41) is 0. The quantitative estimate of drug-likeness (QED) is 0.848. The lowest BCUT2D eigenvalue weighted by Crippen LogP contribution is -2.41. The van der Waals surface area contributed by atoms with Gasteiger partial charge < -0.3 is 14.5 Å². The Labute approximate surface area is 153 Å². The maximum atomic E-state index is 12.5. The molecule has 5 nitrogen and oxygen atoms in total. The van der Waals surface area contributed by atoms with E-state index in [4.69, 9.17) is 4.74 Å². The Balaban J connectivity index is 1.30. The number of nitrogens with zero attached hydrogens (tertiary/aromatic N) is 3. The molecule has 0 radical (unpaired) electrons. The highest BCUT2D eigenvalue weighted by molar-refractivity contribution is 5.93. The number of benzene rings is 1. The van der Waals surface area contributed by atoms with Gasteiger partial charge in [-0.25, -0.2) is 0 Å². The third-order valence-electron chi connectivity index (χ3n) is 4.93. The Morgan fingerprint density at radius 1 is 1.08 bits per heavy atom. The average Bonchev–Trinajstić information content (AvgIpc) is 3.24. The van der Waals surface area contributed by atoms with Gasteiger partial charge in [-0.15, -0.1) is 0 Å². The van der Waals surface area contributed by atoms with E-state index in [0.717, 1.165) is 44.6 Å². The van der Waals surface area contributed by atoms with E-state index >= 15 is 0 Å². The second-order valence-corrected chi connectivity index (χ2v) is 6.71. The molecular formula is C21H23N3O2. The fourth-order valence-electron chi connectivity index (χ4n) is 3.46. The zero-order chi connectivity index (χ0) is 17.8. The number of aromatic nitrogens is 1. The van der Waals surface area contributed by atoms with Crippen LogP contribution in [0.1, 0.15) is 29.6 Å². The first kappa shape index (κ1) is 16.6. The molecule has 26 heavy (non-hydrogen) atoms. The van der Waals surface area contributed by atoms with Crippen LogP contribution in [0.4, 0.5) is 5.69 Å². The largest absolute Gasteiger partial charge is 0.490 e. The van der Waals surface area contributed by atoms with E-state index in [2.05, 4.69) is 34.3 Å². The first-order chi connectivity index (χ1) is 12.8. The van der Waals surface area contributed by atoms with E-state index in [-0.39, 0.29) is 12.0 Å². The fraction of sp³-hybridized carbons (Fsp3) is 0.333. The van der Waals surface area contributed by atoms with Crippen molar-refractivity contribution in [3.63, 3.8) is 0 Å². The minimum atomic E-state index is 0.0552. The highest BCUT2D eigenvalue weighted by atomic mass is 16.5. The molecule has 1 aromatic heterocycles. The molecule has 1 fully saturated rings. The number of hydrogen-bond acceptors (Lipinski definition) is 4. The molecule has 2 aliphatic heterocycles. The Hall–Kier alpha value is -2.82. The smallest absolute Gasteiger partial charge is 0.255 e. The van der Waals surface area contributed by atoms with Gasteiger partial charge >= 0.3 is 0 Å². The van der Waals surface area contributed by atoms with Gasteiger partial charge in [0.1, 0.15) is 11.9 Å². The maximum Gasteiger partial charge on any atom is 0.255 e. The van der Waals surface area contributed by atoms with Crippen molar-refractivity contribution < 1.29 is 9.53 Å². The van der Waals surface area contributed by atoms with Gasteiger partial charge in [-0.3, -0.25) is 9.78 Å². The van der Waals surface area contributed by atoms with Crippen LogP contribution in [-0.2, 0) is 0 Å². The van der Waals surface area contributed by atoms with E-state index in [9.17, 15) is 4.79 Å². The number of rotatable bonds is 4. The first-order valence-electron chi connectivity index (χ1n) is 9.19. The van der Waals surface area contributed by atoms with Gasteiger partial charge in [0, 0.05) is 56.8 Å². The highest BCUT2D eigenvalue weighted by Crippen LogP contribution is 2.25. The van der Waals surface area contributed by atoms with Crippen LogP contribution in [-0.4, -0.2) is 41.5 Å². The number of ether oxygens (including phenoxy) is 1. The molecule has 4 rings (SSSR count). The van der Waals surface area contributed by atoms with Crippen molar-refractivity contribution >= 4 is 11.6 Å². The minimum Gasteiger partial charge on any atom is -0.490 e. The van der Waals surface area contributed by atoms with Crippen LogP contribution in [0.15, 0.2) is 61.1 Å². The first-order valence-corrected chi connectivity index (χ1v) is 9.19. The van der Waals surface area contributed by atoms with Crippen LogP contribution in [0.5, 0.6) is 5.75 Å². The fourth-order valence-corrected chi connectivity index (χ4v) is 3.46. The number of piperidine rings is 1. The summed E-state index contributed by atoms with van der Waals surface area (Å²) in [6.45, 7) is 2.48. The van der Waals surface area contributed by atoms with Gasteiger partial charge in [0.05, 0.1) is 5.56 Å². The lowest BCUT2D eigenvalue weighted by atomic mass is 10.1. The van der Waals surface area contributed by atoms with Gasteiger partial charge in [-0.1, -0.05) is 6.08 Å². The molecule has 134 valence electrons. The summed E-state index contributed by atoms with van der Waals surface area (Å²) in [6, 6.07) is 11.9. The summed E-state index contributed by atoms with van der Waals surface area (Å²) in [5.74, 6) is 0.952. The number of carbonyl (C=O) groups is 1. The molecule has 3 heterocycles. The minimum absolute atomic E-state index is 0.0552. The standard InChI is InChI=1S/C21H23N3O2/c25-21(17-4-3-11-22-16-17)24-14-9-20(10-15-24)26-19-7-5-18(6-8-19)23-12-1-2-13-23/h1,3-8,11-12,16,20H,2,9-10,13-15H2. The monoisotopic (exact) mass is 349 g/mol. The molecular weight excluding hydrogens is 326 g/mol. The van der Waals surface area contributed by atoms with Gasteiger partial charge in [0.25, 0.3) is 5.91 Å². The molecule has 1 amide bonds. The predicted molar refractivity (Wildman–Crippen MR) is 101 cm³/mol. The van der Waals surface area contributed by atoms with E-state index in [0.29, 0.717) is 5.56 Å². The van der Waals surface area contributed by atoms with Crippen LogP contribution >= 0.6 is 0 Å². The molecule has 0 unspecified atom stereocenters. The van der Waals surface area contributed by atoms with Crippen molar-refractivity contribution in [3.05, 3.63) is 66.6 Å². The Kier molecular flexibility index (Phi) is 4.86. The summed E-state index contributed by atoms with van der Waals surface area (Å²) < 4.78 is 6.12. The van der Waals surface area contributed by atoms with Crippen molar-refractivity contribution in [2.45, 2.75) is 25.4 Å². The van der Waals surface area contributed by atoms with Gasteiger partial charge in [-0.2, -0.15) is 0 Å². The number of hydrogen-bond donors (Lipinski definition) is 0. The summed E-state index contributed by atoms with van der Waals surface area (Å²) in [7, 11) is 0. The summed E-state index contributed by atoms with van der Waals surface area (Å²) in [5.41, 5.74) is 1.85. The van der Waals surface area contributed by atoms with Crippen molar-refractivity contribution in [2.24, 2.45) is 0 Å². The number of amides is 1. The molecule has 5 heteroatoms. The number of anilines is 1. The van der Waals surface area contributed by atoms with Crippen molar-refractivity contribution in [1.82, 2.24) is 9.88 Å². The van der Waals surface area contributed by atoms with E-state index in [1.54, 1.807) is 18.5 Å². The van der Waals surface area contributed by atoms with Gasteiger partial charge in [0.2, 0.25) is 0 Å². The zero-order valence-corrected chi connectivity index (χ0v) is 14.8. The normalized spacial score (nSPS) is 17.5. The van der Waals surface area contributed by atoms with E-state index < -0.39 is 0 Å². The summed E-state index contributed by atoms with van der Waals surface area (Å²) in [4.78, 5) is 20.6. The van der Waals surface area contributed by atoms with E-state index in [1.807, 2.05) is 23.1 Å². The van der Waals surface area contributed by atoms with Gasteiger partial charge in [0.15, 0.2) is 0 Å². The molecule has 1 aromatic carbocycles. The van der Waals surface area contributed by atoms with Crippen molar-refractivity contribution in [2.75, 3.05) is 24.5 Å². The lowest BCUT2D eigenvalue weighted by Gasteiger charge is -2.32. The van der Waals surface area contributed by atoms with Crippen LogP contribution in [0, 0.1) is 0 Å². The lowest BCUT2D eigenvalue weighted by molar-refractivity contribution is 0.0595. The van der Waals surface area contributed by atoms with Gasteiger partial charge in [-0.05, 0) is 42.8 Å². The Morgan fingerprint density at radius 3 is 2.54 bits per heavy atom. The summed E-state index contributed by atoms with van der Waals surface area (Å²) in [6.07, 6.45) is 10.6. The number of pyridine rings is 1. The molecule has 2 aliphatic rings. The molecule has 2 aromatic rings. The van der Waals surface area contributed by atoms with Crippen LogP contribution in [0.25, 0.3) is 0 Å². The molecule has 0 spiro atoms. The topological polar surface area (TPSA) is 45.7 Å². The molecule has 1 saturated heterocycles. The second kappa shape index (κ2) is 7.60. The second-order valence-electron chi connectivity index (χ2n) is 6.71. The molecule has 0 saturated carbocycles. The highest BCUT2D eigenvalue weighted by Gasteiger charge is 2.24. The predicted octanol–water partition coefficient (Wildman–Crippen LogP) is 3.49. The van der Waals surface area contributed by atoms with Crippen LogP contribution in [0.2, 0.25) is 0 Å². The van der Waals surface area contributed by atoms with E-state index in [1.165, 1.54) is 5.69 Å². The SMILES string of the molecule is O=C(c1cccnc1)N1CCC(Oc2ccc(N3C=CCC3)cc2)CC1. The summed E-state index contributed by atoms with van der Waals surface area (Å²) >= 11 is 0. The number of carbonyl (C=O) groups excluding carboxylic acids is 1. The molecule has 0 aliphatic carbocycles. The van der Waals surface area contributed by atoms with Crippen LogP contribution in [0.3, 0.4) is 0 Å². The van der Waals surface area contributed by atoms with Crippen LogP contribution < -0.4 is 9.64 Å². The third-order valence-corrected chi connectivity index (χ3v) is 4.93. The molecule has 0 atom stereocenters. The maximum absolute atomic E-state index is 12.5. The average molecular weight is 349 g/mol. The van der Waals surface area contributed by atoms with Crippen molar-refractivity contribution in [3.8, 4) is 5.75 Å². The molecule has 0 bridgehead atoms. The number of likely N-dealkylation sites (tertiary alicyclic amines) is 1. The zero-order valence-electron chi connectivity index (χ0n) is 14.8. The Bertz CT molecular complexity index is 766. The van der Waals surface area contributed by atoms with Crippen molar-refractivity contribution in [1.29, 1.82) is 0 Å².